The fraction of sp³-hybridized carbons (Fsp3) is 0.0833. The van der Waals surface area contributed by atoms with E-state index in [-0.39, 0.29) is 17.7 Å². The van der Waals surface area contributed by atoms with E-state index >= 15 is 0 Å². The summed E-state index contributed by atoms with van der Waals surface area (Å²) in [6.07, 6.45) is 1.68. The largest absolute Gasteiger partial charge is 0.489 e. The number of halogens is 3. The average Bonchev–Trinajstić information content (AvgIpc) is 3.02. The molecular formula is C24H16Cl3NO3S. The lowest BCUT2D eigenvalue weighted by Crippen LogP contribution is -2.27. The molecule has 0 spiro atoms. The molecule has 0 aromatic heterocycles. The zero-order valence-corrected chi connectivity index (χ0v) is 19.6. The summed E-state index contributed by atoms with van der Waals surface area (Å²) in [5, 5.41) is 1.22. The molecule has 162 valence electrons. The molecule has 1 fully saturated rings. The Hall–Kier alpha value is -2.44. The first-order chi connectivity index (χ1) is 15.4. The molecule has 1 heterocycles. The molecule has 4 nitrogen and oxygen atoms in total. The molecule has 3 aromatic rings. The van der Waals surface area contributed by atoms with Gasteiger partial charge in [0.15, 0.2) is 0 Å². The fourth-order valence-electron chi connectivity index (χ4n) is 3.05. The van der Waals surface area contributed by atoms with Gasteiger partial charge in [-0.05, 0) is 70.9 Å². The maximum absolute atomic E-state index is 12.8. The second kappa shape index (κ2) is 10.0. The molecule has 4 rings (SSSR count). The van der Waals surface area contributed by atoms with Gasteiger partial charge >= 0.3 is 0 Å². The number of nitrogens with zero attached hydrogens (tertiary/aromatic N) is 1. The van der Waals surface area contributed by atoms with Crippen molar-refractivity contribution in [1.29, 1.82) is 0 Å². The molecule has 0 atom stereocenters. The van der Waals surface area contributed by atoms with Crippen LogP contribution in [0.15, 0.2) is 71.6 Å². The van der Waals surface area contributed by atoms with Crippen LogP contribution in [0.1, 0.15) is 16.7 Å². The smallest absolute Gasteiger partial charge is 0.293 e. The highest BCUT2D eigenvalue weighted by Crippen LogP contribution is 2.35. The van der Waals surface area contributed by atoms with Crippen LogP contribution in [0.3, 0.4) is 0 Å². The van der Waals surface area contributed by atoms with Gasteiger partial charge in [-0.1, -0.05) is 65.1 Å². The fourth-order valence-corrected chi connectivity index (χ4v) is 4.48. The molecule has 8 heteroatoms. The average molecular weight is 505 g/mol. The van der Waals surface area contributed by atoms with E-state index in [0.29, 0.717) is 37.9 Å². The number of hydrogen-bond acceptors (Lipinski definition) is 4. The molecule has 3 aromatic carbocycles. The molecule has 32 heavy (non-hydrogen) atoms. The van der Waals surface area contributed by atoms with Crippen molar-refractivity contribution in [1.82, 2.24) is 4.90 Å². The standard InChI is InChI=1S/C24H16Cl3NO3S/c25-18-7-4-15(5-8-18)14-31-20-3-1-2-16(10-20)11-22-23(29)28(24(30)32-22)13-17-6-9-19(26)12-21(17)27/h1-12H,13-14H2/b22-11+. The molecule has 1 aliphatic heterocycles. The third-order valence-corrected chi connectivity index (χ3v) is 6.44. The predicted octanol–water partition coefficient (Wildman–Crippen LogP) is 7.46. The lowest BCUT2D eigenvalue weighted by atomic mass is 10.2. The molecule has 0 radical (unpaired) electrons. The molecular weight excluding hydrogens is 489 g/mol. The summed E-state index contributed by atoms with van der Waals surface area (Å²) < 4.78 is 5.84. The SMILES string of the molecule is O=C1S/C(=C/c2cccc(OCc3ccc(Cl)cc3)c2)C(=O)N1Cc1ccc(Cl)cc1Cl. The van der Waals surface area contributed by atoms with E-state index in [1.54, 1.807) is 24.3 Å². The van der Waals surface area contributed by atoms with Gasteiger partial charge in [0.05, 0.1) is 11.4 Å². The van der Waals surface area contributed by atoms with Crippen molar-refractivity contribution in [3.63, 3.8) is 0 Å². The van der Waals surface area contributed by atoms with Crippen molar-refractivity contribution in [2.75, 3.05) is 0 Å². The van der Waals surface area contributed by atoms with Gasteiger partial charge in [0.2, 0.25) is 0 Å². The molecule has 0 aliphatic carbocycles. The third kappa shape index (κ3) is 5.48. The number of amides is 2. The second-order valence-corrected chi connectivity index (χ2v) is 9.26. The molecule has 2 amide bonds. The van der Waals surface area contributed by atoms with Gasteiger partial charge in [-0.15, -0.1) is 0 Å². The van der Waals surface area contributed by atoms with Gasteiger partial charge in [0.25, 0.3) is 11.1 Å². The molecule has 1 saturated heterocycles. The number of benzene rings is 3. The summed E-state index contributed by atoms with van der Waals surface area (Å²) in [6.45, 7) is 0.473. The van der Waals surface area contributed by atoms with E-state index in [1.807, 2.05) is 48.5 Å². The zero-order chi connectivity index (χ0) is 22.7. The van der Waals surface area contributed by atoms with E-state index in [4.69, 9.17) is 39.5 Å². The highest BCUT2D eigenvalue weighted by molar-refractivity contribution is 8.18. The number of carbonyl (C=O) groups excluding carboxylic acids is 2. The normalized spacial score (nSPS) is 15.0. The molecule has 0 bridgehead atoms. The Kier molecular flexibility index (Phi) is 7.11. The van der Waals surface area contributed by atoms with Crippen LogP contribution in [0.4, 0.5) is 4.79 Å². The quantitative estimate of drug-likeness (QED) is 0.327. The van der Waals surface area contributed by atoms with Crippen LogP contribution in [-0.4, -0.2) is 16.0 Å². The Morgan fingerprint density at radius 1 is 0.906 bits per heavy atom. The first kappa shape index (κ1) is 22.7. The molecule has 0 unspecified atom stereocenters. The first-order valence-corrected chi connectivity index (χ1v) is 11.5. The van der Waals surface area contributed by atoms with Crippen LogP contribution < -0.4 is 4.74 Å². The van der Waals surface area contributed by atoms with E-state index in [2.05, 4.69) is 0 Å². The van der Waals surface area contributed by atoms with Crippen LogP contribution in [0.2, 0.25) is 15.1 Å². The Balaban J connectivity index is 1.46. The van der Waals surface area contributed by atoms with Crippen molar-refractivity contribution in [2.24, 2.45) is 0 Å². The van der Waals surface area contributed by atoms with Gasteiger partial charge in [-0.2, -0.15) is 0 Å². The third-order valence-electron chi connectivity index (χ3n) is 4.69. The monoisotopic (exact) mass is 503 g/mol. The highest BCUT2D eigenvalue weighted by atomic mass is 35.5. The predicted molar refractivity (Wildman–Crippen MR) is 130 cm³/mol. The van der Waals surface area contributed by atoms with E-state index < -0.39 is 0 Å². The highest BCUT2D eigenvalue weighted by Gasteiger charge is 2.35. The van der Waals surface area contributed by atoms with Crippen molar-refractivity contribution in [2.45, 2.75) is 13.2 Å². The molecule has 0 saturated carbocycles. The number of carbonyl (C=O) groups is 2. The van der Waals surface area contributed by atoms with Gasteiger partial charge in [0, 0.05) is 15.1 Å². The van der Waals surface area contributed by atoms with Crippen LogP contribution in [0.5, 0.6) is 5.75 Å². The van der Waals surface area contributed by atoms with Crippen molar-refractivity contribution < 1.29 is 14.3 Å². The summed E-state index contributed by atoms with van der Waals surface area (Å²) in [5.74, 6) is 0.291. The summed E-state index contributed by atoms with van der Waals surface area (Å²) in [5.41, 5.74) is 2.40. The molecule has 0 N–H and O–H groups in total. The van der Waals surface area contributed by atoms with Crippen LogP contribution in [-0.2, 0) is 17.9 Å². The Bertz CT molecular complexity index is 1210. The Morgan fingerprint density at radius 2 is 1.66 bits per heavy atom. The number of hydrogen-bond donors (Lipinski definition) is 0. The van der Waals surface area contributed by atoms with Gasteiger partial charge in [-0.25, -0.2) is 0 Å². The second-order valence-electron chi connectivity index (χ2n) is 6.99. The Labute approximate surface area is 204 Å². The van der Waals surface area contributed by atoms with E-state index in [0.717, 1.165) is 22.9 Å². The van der Waals surface area contributed by atoms with Crippen molar-refractivity contribution >= 4 is 63.8 Å². The summed E-state index contributed by atoms with van der Waals surface area (Å²) >= 11 is 18.9. The number of imide groups is 1. The summed E-state index contributed by atoms with van der Waals surface area (Å²) in [7, 11) is 0. The van der Waals surface area contributed by atoms with Gasteiger partial charge < -0.3 is 4.74 Å². The van der Waals surface area contributed by atoms with Crippen LogP contribution in [0.25, 0.3) is 6.08 Å². The van der Waals surface area contributed by atoms with Gasteiger partial charge in [0.1, 0.15) is 12.4 Å². The number of thioether (sulfide) groups is 1. The summed E-state index contributed by atoms with van der Waals surface area (Å²) in [4.78, 5) is 26.8. The first-order valence-electron chi connectivity index (χ1n) is 9.55. The van der Waals surface area contributed by atoms with E-state index in [1.165, 1.54) is 4.90 Å². The van der Waals surface area contributed by atoms with Crippen molar-refractivity contribution in [3.05, 3.63) is 103 Å². The van der Waals surface area contributed by atoms with E-state index in [9.17, 15) is 9.59 Å². The van der Waals surface area contributed by atoms with Crippen LogP contribution >= 0.6 is 46.6 Å². The maximum Gasteiger partial charge on any atom is 0.293 e. The van der Waals surface area contributed by atoms with Crippen LogP contribution in [0, 0.1) is 0 Å². The molecule has 1 aliphatic rings. The zero-order valence-electron chi connectivity index (χ0n) is 16.6. The number of ether oxygens (including phenoxy) is 1. The minimum atomic E-state index is -0.362. The topological polar surface area (TPSA) is 46.6 Å². The lowest BCUT2D eigenvalue weighted by Gasteiger charge is -2.13. The lowest BCUT2D eigenvalue weighted by molar-refractivity contribution is -0.123. The summed E-state index contributed by atoms with van der Waals surface area (Å²) in [6, 6.07) is 19.7. The van der Waals surface area contributed by atoms with Gasteiger partial charge in [-0.3, -0.25) is 14.5 Å². The number of rotatable bonds is 6. The van der Waals surface area contributed by atoms with Crippen molar-refractivity contribution in [3.8, 4) is 5.75 Å². The minimum absolute atomic E-state index is 0.0856. The Morgan fingerprint density at radius 3 is 2.41 bits per heavy atom. The minimum Gasteiger partial charge on any atom is -0.489 e. The maximum atomic E-state index is 12.8.